The monoisotopic (exact) mass is 238 g/mol. The largest absolute Gasteiger partial charge is 0.423 e. The maximum atomic E-state index is 5.88. The van der Waals surface area contributed by atoms with Crippen LogP contribution in [0.25, 0.3) is 0 Å². The van der Waals surface area contributed by atoms with Gasteiger partial charge in [0.25, 0.3) is 0 Å². The van der Waals surface area contributed by atoms with E-state index in [2.05, 4.69) is 10.1 Å². The van der Waals surface area contributed by atoms with E-state index in [0.717, 1.165) is 5.56 Å². The van der Waals surface area contributed by atoms with E-state index in [4.69, 9.17) is 22.1 Å². The fourth-order valence-corrected chi connectivity index (χ4v) is 1.42. The molecular weight excluding hydrogens is 228 g/mol. The fourth-order valence-electron chi connectivity index (χ4n) is 1.26. The van der Waals surface area contributed by atoms with Crippen molar-refractivity contribution in [3.8, 4) is 11.8 Å². The van der Waals surface area contributed by atoms with Gasteiger partial charge in [-0.25, -0.2) is 0 Å². The van der Waals surface area contributed by atoms with Crippen molar-refractivity contribution in [2.45, 2.75) is 6.54 Å². The molecule has 0 amide bonds. The molecule has 0 aliphatic carbocycles. The maximum Gasteiger partial charge on any atom is 0.340 e. The Morgan fingerprint density at radius 3 is 2.94 bits per heavy atom. The Morgan fingerprint density at radius 2 is 2.31 bits per heavy atom. The van der Waals surface area contributed by atoms with Crippen molar-refractivity contribution < 1.29 is 4.74 Å². The number of rotatable bonds is 3. The molecule has 0 aliphatic heterocycles. The Balaban J connectivity index is 2.29. The summed E-state index contributed by atoms with van der Waals surface area (Å²) in [5, 5.41) is 4.60. The van der Waals surface area contributed by atoms with Gasteiger partial charge in [0.15, 0.2) is 0 Å². The van der Waals surface area contributed by atoms with Crippen LogP contribution in [0.3, 0.4) is 0 Å². The summed E-state index contributed by atoms with van der Waals surface area (Å²) in [5.74, 6) is 0.584. The molecule has 0 bridgehead atoms. The summed E-state index contributed by atoms with van der Waals surface area (Å²) < 4.78 is 7.05. The van der Waals surface area contributed by atoms with Crippen LogP contribution in [0.5, 0.6) is 11.8 Å². The molecule has 0 saturated carbocycles. The zero-order chi connectivity index (χ0) is 11.5. The minimum absolute atomic E-state index is 0.277. The van der Waals surface area contributed by atoms with Gasteiger partial charge < -0.3 is 10.5 Å². The average molecular weight is 239 g/mol. The summed E-state index contributed by atoms with van der Waals surface area (Å²) in [6.07, 6.45) is 1.56. The van der Waals surface area contributed by atoms with Crippen LogP contribution >= 0.6 is 11.6 Å². The van der Waals surface area contributed by atoms with E-state index < -0.39 is 0 Å². The Morgan fingerprint density at radius 1 is 1.50 bits per heavy atom. The minimum Gasteiger partial charge on any atom is -0.423 e. The van der Waals surface area contributed by atoms with E-state index in [1.165, 1.54) is 0 Å². The van der Waals surface area contributed by atoms with Gasteiger partial charge in [0.1, 0.15) is 12.1 Å². The van der Waals surface area contributed by atoms with Crippen LogP contribution in [-0.2, 0) is 13.6 Å². The van der Waals surface area contributed by atoms with E-state index in [-0.39, 0.29) is 6.01 Å². The number of hydrogen-bond acceptors (Lipinski definition) is 4. The molecule has 1 aromatic carbocycles. The molecule has 84 valence electrons. The fraction of sp³-hybridized carbons (Fsp3) is 0.200. The molecule has 6 heteroatoms. The van der Waals surface area contributed by atoms with Crippen molar-refractivity contribution in [1.29, 1.82) is 0 Å². The predicted molar refractivity (Wildman–Crippen MR) is 60.4 cm³/mol. The van der Waals surface area contributed by atoms with Crippen molar-refractivity contribution in [3.05, 3.63) is 35.1 Å². The normalized spacial score (nSPS) is 10.4. The number of halogens is 1. The molecule has 0 saturated heterocycles. The second kappa shape index (κ2) is 4.51. The van der Waals surface area contributed by atoms with E-state index in [1.54, 1.807) is 30.2 Å². The van der Waals surface area contributed by atoms with Gasteiger partial charge in [-0.2, -0.15) is 4.98 Å². The molecule has 1 heterocycles. The van der Waals surface area contributed by atoms with Gasteiger partial charge in [-0.15, -0.1) is 5.10 Å². The topological polar surface area (TPSA) is 66.0 Å². The first-order valence-corrected chi connectivity index (χ1v) is 5.09. The summed E-state index contributed by atoms with van der Waals surface area (Å²) >= 11 is 5.88. The van der Waals surface area contributed by atoms with Crippen LogP contribution in [0, 0.1) is 0 Å². The second-order valence-electron chi connectivity index (χ2n) is 3.26. The summed E-state index contributed by atoms with van der Waals surface area (Å²) in [7, 11) is 1.77. The van der Waals surface area contributed by atoms with Gasteiger partial charge in [0.05, 0.1) is 0 Å². The number of aryl methyl sites for hydroxylation is 1. The molecule has 2 rings (SSSR count). The van der Waals surface area contributed by atoms with Gasteiger partial charge in [0.2, 0.25) is 0 Å². The smallest absolute Gasteiger partial charge is 0.340 e. The van der Waals surface area contributed by atoms with Crippen LogP contribution in [-0.4, -0.2) is 14.8 Å². The van der Waals surface area contributed by atoms with Gasteiger partial charge in [-0.1, -0.05) is 17.7 Å². The third-order valence-corrected chi connectivity index (χ3v) is 2.26. The van der Waals surface area contributed by atoms with Crippen LogP contribution in [0.4, 0.5) is 0 Å². The first kappa shape index (κ1) is 10.9. The van der Waals surface area contributed by atoms with Gasteiger partial charge >= 0.3 is 6.01 Å². The maximum absolute atomic E-state index is 5.88. The molecule has 0 aliphatic rings. The first-order valence-electron chi connectivity index (χ1n) is 4.71. The number of hydrogen-bond donors (Lipinski definition) is 1. The SMILES string of the molecule is Cn1cnc(Oc2cc(Cl)ccc2CN)n1. The second-order valence-corrected chi connectivity index (χ2v) is 3.70. The molecule has 0 radical (unpaired) electrons. The summed E-state index contributed by atoms with van der Waals surface area (Å²) in [5.41, 5.74) is 6.45. The van der Waals surface area contributed by atoms with E-state index in [1.807, 2.05) is 6.07 Å². The van der Waals surface area contributed by atoms with Crippen LogP contribution in [0.15, 0.2) is 24.5 Å². The lowest BCUT2D eigenvalue weighted by Crippen LogP contribution is -2.00. The third-order valence-electron chi connectivity index (χ3n) is 2.03. The highest BCUT2D eigenvalue weighted by Gasteiger charge is 2.07. The Bertz CT molecular complexity index is 497. The summed E-state index contributed by atoms with van der Waals surface area (Å²) in [4.78, 5) is 3.96. The number of ether oxygens (including phenoxy) is 1. The quantitative estimate of drug-likeness (QED) is 0.884. The molecule has 16 heavy (non-hydrogen) atoms. The minimum atomic E-state index is 0.277. The summed E-state index contributed by atoms with van der Waals surface area (Å²) in [6, 6.07) is 5.56. The Hall–Kier alpha value is -1.59. The molecule has 2 N–H and O–H groups in total. The van der Waals surface area contributed by atoms with Crippen molar-refractivity contribution in [2.24, 2.45) is 12.8 Å². The lowest BCUT2D eigenvalue weighted by atomic mass is 10.2. The first-order chi connectivity index (χ1) is 7.69. The zero-order valence-corrected chi connectivity index (χ0v) is 9.48. The molecule has 0 unspecified atom stereocenters. The standard InChI is InChI=1S/C10H11ClN4O/c1-15-6-13-10(14-15)16-9-4-8(11)3-2-7(9)5-12/h2-4,6H,5,12H2,1H3. The van der Waals surface area contributed by atoms with E-state index >= 15 is 0 Å². The molecule has 0 fully saturated rings. The van der Waals surface area contributed by atoms with Crippen LogP contribution < -0.4 is 10.5 Å². The highest BCUT2D eigenvalue weighted by Crippen LogP contribution is 2.26. The lowest BCUT2D eigenvalue weighted by molar-refractivity contribution is 0.434. The highest BCUT2D eigenvalue weighted by molar-refractivity contribution is 6.30. The predicted octanol–water partition coefficient (Wildman–Crippen LogP) is 1.72. The zero-order valence-electron chi connectivity index (χ0n) is 8.72. The van der Waals surface area contributed by atoms with Crippen molar-refractivity contribution >= 4 is 11.6 Å². The van der Waals surface area contributed by atoms with Gasteiger partial charge in [0, 0.05) is 24.2 Å². The highest BCUT2D eigenvalue weighted by atomic mass is 35.5. The third kappa shape index (κ3) is 2.32. The Labute approximate surface area is 97.8 Å². The molecular formula is C10H11ClN4O. The van der Waals surface area contributed by atoms with Crippen molar-refractivity contribution in [2.75, 3.05) is 0 Å². The molecule has 5 nitrogen and oxygen atoms in total. The number of benzene rings is 1. The van der Waals surface area contributed by atoms with Crippen molar-refractivity contribution in [3.63, 3.8) is 0 Å². The van der Waals surface area contributed by atoms with Crippen LogP contribution in [0.2, 0.25) is 5.02 Å². The molecule has 0 atom stereocenters. The van der Waals surface area contributed by atoms with Gasteiger partial charge in [-0.05, 0) is 12.1 Å². The van der Waals surface area contributed by atoms with E-state index in [9.17, 15) is 0 Å². The Kier molecular flexibility index (Phi) is 3.07. The summed E-state index contributed by atoms with van der Waals surface area (Å²) in [6.45, 7) is 0.374. The van der Waals surface area contributed by atoms with Crippen LogP contribution in [0.1, 0.15) is 5.56 Å². The molecule has 0 spiro atoms. The molecule has 2 aromatic rings. The average Bonchev–Trinajstić information content (AvgIpc) is 2.64. The number of nitrogens with two attached hydrogens (primary N) is 1. The number of nitrogens with zero attached hydrogens (tertiary/aromatic N) is 3. The van der Waals surface area contributed by atoms with Crippen molar-refractivity contribution in [1.82, 2.24) is 14.8 Å². The molecule has 1 aromatic heterocycles. The van der Waals surface area contributed by atoms with Gasteiger partial charge in [-0.3, -0.25) is 4.68 Å². The van der Waals surface area contributed by atoms with E-state index in [0.29, 0.717) is 17.3 Å². The lowest BCUT2D eigenvalue weighted by Gasteiger charge is -2.06. The number of aromatic nitrogens is 3.